The molecule has 1 atom stereocenters. The van der Waals surface area contributed by atoms with Crippen LogP contribution >= 0.6 is 0 Å². The third-order valence-corrected chi connectivity index (χ3v) is 2.68. The maximum atomic E-state index is 5.58. The highest BCUT2D eigenvalue weighted by Gasteiger charge is 2.16. The Hall–Kier alpha value is -1.08. The van der Waals surface area contributed by atoms with Gasteiger partial charge in [-0.1, -0.05) is 36.9 Å². The molecule has 0 radical (unpaired) electrons. The summed E-state index contributed by atoms with van der Waals surface area (Å²) >= 11 is 0. The van der Waals surface area contributed by atoms with Gasteiger partial charge in [-0.05, 0) is 30.4 Å². The van der Waals surface area contributed by atoms with Crippen LogP contribution in [0.4, 0.5) is 0 Å². The number of hydrogen-bond acceptors (Lipinski definition) is 1. The van der Waals surface area contributed by atoms with Crippen molar-refractivity contribution in [3.05, 3.63) is 42.5 Å². The fraction of sp³-hybridized carbons (Fsp3) is 0.385. The summed E-state index contributed by atoms with van der Waals surface area (Å²) in [5.41, 5.74) is 2.43. The Labute approximate surface area is 85.4 Å². The summed E-state index contributed by atoms with van der Waals surface area (Å²) < 4.78 is 5.58. The van der Waals surface area contributed by atoms with E-state index in [1.54, 1.807) is 0 Å². The Morgan fingerprint density at radius 1 is 1.36 bits per heavy atom. The standard InChI is InChI=1S/C13H16O/c1-11(10-13-8-5-9-14-13)12-6-3-2-4-7-12/h2-4,6-7,13H,1,5,8-10H2. The van der Waals surface area contributed by atoms with E-state index in [0.29, 0.717) is 6.10 Å². The highest BCUT2D eigenvalue weighted by Crippen LogP contribution is 2.24. The van der Waals surface area contributed by atoms with Gasteiger partial charge in [0.05, 0.1) is 6.10 Å². The summed E-state index contributed by atoms with van der Waals surface area (Å²) in [6, 6.07) is 10.4. The maximum absolute atomic E-state index is 5.58. The predicted molar refractivity (Wildman–Crippen MR) is 59.1 cm³/mol. The van der Waals surface area contributed by atoms with E-state index in [2.05, 4.69) is 30.8 Å². The Morgan fingerprint density at radius 2 is 2.14 bits per heavy atom. The third kappa shape index (κ3) is 2.24. The summed E-state index contributed by atoms with van der Waals surface area (Å²) in [7, 11) is 0. The summed E-state index contributed by atoms with van der Waals surface area (Å²) in [5, 5.41) is 0. The van der Waals surface area contributed by atoms with Crippen molar-refractivity contribution >= 4 is 5.57 Å². The quantitative estimate of drug-likeness (QED) is 0.707. The smallest absolute Gasteiger partial charge is 0.0616 e. The average Bonchev–Trinajstić information content (AvgIpc) is 2.72. The number of rotatable bonds is 3. The summed E-state index contributed by atoms with van der Waals surface area (Å²) in [5.74, 6) is 0. The van der Waals surface area contributed by atoms with Crippen molar-refractivity contribution in [2.75, 3.05) is 6.61 Å². The monoisotopic (exact) mass is 188 g/mol. The van der Waals surface area contributed by atoms with E-state index in [0.717, 1.165) is 13.0 Å². The number of benzene rings is 1. The van der Waals surface area contributed by atoms with E-state index in [1.807, 2.05) is 6.07 Å². The Morgan fingerprint density at radius 3 is 2.79 bits per heavy atom. The van der Waals surface area contributed by atoms with Crippen molar-refractivity contribution < 1.29 is 4.74 Å². The fourth-order valence-electron chi connectivity index (χ4n) is 1.87. The average molecular weight is 188 g/mol. The normalized spacial score (nSPS) is 21.0. The first-order valence-electron chi connectivity index (χ1n) is 5.21. The van der Waals surface area contributed by atoms with Crippen LogP contribution in [0.2, 0.25) is 0 Å². The molecule has 1 fully saturated rings. The minimum atomic E-state index is 0.405. The second-order valence-corrected chi connectivity index (χ2v) is 3.81. The molecule has 1 nitrogen and oxygen atoms in total. The maximum Gasteiger partial charge on any atom is 0.0616 e. The van der Waals surface area contributed by atoms with Crippen molar-refractivity contribution in [2.24, 2.45) is 0 Å². The van der Waals surface area contributed by atoms with E-state index in [4.69, 9.17) is 4.74 Å². The Balaban J connectivity index is 1.95. The molecule has 1 aromatic rings. The number of hydrogen-bond donors (Lipinski definition) is 0. The van der Waals surface area contributed by atoms with Crippen LogP contribution in [-0.2, 0) is 4.74 Å². The van der Waals surface area contributed by atoms with Gasteiger partial charge in [-0.15, -0.1) is 0 Å². The van der Waals surface area contributed by atoms with Crippen molar-refractivity contribution in [1.82, 2.24) is 0 Å². The van der Waals surface area contributed by atoms with Gasteiger partial charge in [0.25, 0.3) is 0 Å². The van der Waals surface area contributed by atoms with Crippen molar-refractivity contribution in [1.29, 1.82) is 0 Å². The van der Waals surface area contributed by atoms with Crippen molar-refractivity contribution in [2.45, 2.75) is 25.4 Å². The van der Waals surface area contributed by atoms with E-state index >= 15 is 0 Å². The molecule has 0 N–H and O–H groups in total. The van der Waals surface area contributed by atoms with Crippen LogP contribution in [0.15, 0.2) is 36.9 Å². The van der Waals surface area contributed by atoms with Gasteiger partial charge in [0.2, 0.25) is 0 Å². The topological polar surface area (TPSA) is 9.23 Å². The number of ether oxygens (including phenoxy) is 1. The largest absolute Gasteiger partial charge is 0.378 e. The highest BCUT2D eigenvalue weighted by atomic mass is 16.5. The fourth-order valence-corrected chi connectivity index (χ4v) is 1.87. The van der Waals surface area contributed by atoms with Gasteiger partial charge in [0.1, 0.15) is 0 Å². The molecule has 14 heavy (non-hydrogen) atoms. The molecular formula is C13H16O. The molecule has 1 unspecified atom stereocenters. The molecule has 2 rings (SSSR count). The third-order valence-electron chi connectivity index (χ3n) is 2.68. The van der Waals surface area contributed by atoms with Gasteiger partial charge >= 0.3 is 0 Å². The van der Waals surface area contributed by atoms with Crippen LogP contribution in [0.3, 0.4) is 0 Å². The SMILES string of the molecule is C=C(CC1CCCO1)c1ccccc1. The van der Waals surface area contributed by atoms with E-state index in [1.165, 1.54) is 24.0 Å². The first kappa shape index (κ1) is 9.47. The molecule has 1 saturated heterocycles. The van der Waals surface area contributed by atoms with Gasteiger partial charge in [-0.3, -0.25) is 0 Å². The van der Waals surface area contributed by atoms with Gasteiger partial charge in [-0.25, -0.2) is 0 Å². The van der Waals surface area contributed by atoms with Crippen LogP contribution in [0.5, 0.6) is 0 Å². The summed E-state index contributed by atoms with van der Waals surface area (Å²) in [6.45, 7) is 5.03. The van der Waals surface area contributed by atoms with E-state index in [-0.39, 0.29) is 0 Å². The predicted octanol–water partition coefficient (Wildman–Crippen LogP) is 3.27. The zero-order valence-corrected chi connectivity index (χ0v) is 8.41. The molecule has 74 valence electrons. The van der Waals surface area contributed by atoms with Crippen molar-refractivity contribution in [3.8, 4) is 0 Å². The summed E-state index contributed by atoms with van der Waals surface area (Å²) in [4.78, 5) is 0. The molecule has 0 spiro atoms. The zero-order valence-electron chi connectivity index (χ0n) is 8.41. The zero-order chi connectivity index (χ0) is 9.80. The molecule has 0 aromatic heterocycles. The Kier molecular flexibility index (Phi) is 3.00. The van der Waals surface area contributed by atoms with Crippen LogP contribution in [0.25, 0.3) is 5.57 Å². The van der Waals surface area contributed by atoms with Crippen LogP contribution in [0.1, 0.15) is 24.8 Å². The molecule has 0 amide bonds. The van der Waals surface area contributed by atoms with E-state index < -0.39 is 0 Å². The molecule has 0 saturated carbocycles. The minimum Gasteiger partial charge on any atom is -0.378 e. The molecule has 1 aliphatic heterocycles. The van der Waals surface area contributed by atoms with Gasteiger partial charge in [0, 0.05) is 6.61 Å². The highest BCUT2D eigenvalue weighted by molar-refractivity contribution is 5.63. The lowest BCUT2D eigenvalue weighted by atomic mass is 10.0. The van der Waals surface area contributed by atoms with Gasteiger partial charge in [0.15, 0.2) is 0 Å². The van der Waals surface area contributed by atoms with Crippen LogP contribution in [-0.4, -0.2) is 12.7 Å². The van der Waals surface area contributed by atoms with Gasteiger partial charge < -0.3 is 4.74 Å². The van der Waals surface area contributed by atoms with Crippen LogP contribution < -0.4 is 0 Å². The minimum absolute atomic E-state index is 0.405. The first-order chi connectivity index (χ1) is 6.86. The Bertz CT molecular complexity index is 296. The first-order valence-corrected chi connectivity index (χ1v) is 5.21. The molecule has 0 bridgehead atoms. The van der Waals surface area contributed by atoms with Gasteiger partial charge in [-0.2, -0.15) is 0 Å². The second kappa shape index (κ2) is 4.43. The molecule has 0 aliphatic carbocycles. The lowest BCUT2D eigenvalue weighted by Gasteiger charge is -2.11. The lowest BCUT2D eigenvalue weighted by molar-refractivity contribution is 0.115. The molecule has 1 heterocycles. The van der Waals surface area contributed by atoms with Crippen LogP contribution in [0, 0.1) is 0 Å². The summed E-state index contributed by atoms with van der Waals surface area (Å²) in [6.07, 6.45) is 3.77. The molecule has 1 aliphatic rings. The second-order valence-electron chi connectivity index (χ2n) is 3.81. The molecule has 1 heteroatoms. The lowest BCUT2D eigenvalue weighted by Crippen LogP contribution is -2.04. The molecule has 1 aromatic carbocycles. The van der Waals surface area contributed by atoms with Crippen molar-refractivity contribution in [3.63, 3.8) is 0 Å². The molecular weight excluding hydrogens is 172 g/mol. The van der Waals surface area contributed by atoms with E-state index in [9.17, 15) is 0 Å².